The number of aryl methyl sites for hydroxylation is 1. The Morgan fingerprint density at radius 3 is 3.09 bits per heavy atom. The summed E-state index contributed by atoms with van der Waals surface area (Å²) in [6, 6.07) is 0. The van der Waals surface area contributed by atoms with E-state index in [-0.39, 0.29) is 0 Å². The lowest BCUT2D eigenvalue weighted by Gasteiger charge is -1.99. The highest BCUT2D eigenvalue weighted by atomic mass is 32.1. The molecule has 4 heteroatoms. The topological polar surface area (TPSA) is 34.1 Å². The van der Waals surface area contributed by atoms with Gasteiger partial charge in [-0.25, -0.2) is 4.98 Å². The van der Waals surface area contributed by atoms with Gasteiger partial charge in [0.15, 0.2) is 5.13 Å². The fourth-order valence-electron chi connectivity index (χ4n) is 0.695. The van der Waals surface area contributed by atoms with Crippen molar-refractivity contribution in [2.45, 2.75) is 6.92 Å². The van der Waals surface area contributed by atoms with Gasteiger partial charge in [-0.3, -0.25) is 0 Å². The smallest absolute Gasteiger partial charge is 0.182 e. The van der Waals surface area contributed by atoms with Gasteiger partial charge >= 0.3 is 0 Å². The summed E-state index contributed by atoms with van der Waals surface area (Å²) in [5, 5.41) is 6.14. The van der Waals surface area contributed by atoms with Gasteiger partial charge < -0.3 is 10.1 Å². The minimum atomic E-state index is 0.721. The number of anilines is 1. The van der Waals surface area contributed by atoms with Crippen LogP contribution in [-0.4, -0.2) is 25.2 Å². The summed E-state index contributed by atoms with van der Waals surface area (Å²) < 4.78 is 4.88. The van der Waals surface area contributed by atoms with E-state index in [9.17, 15) is 0 Å². The Kier molecular flexibility index (Phi) is 3.32. The summed E-state index contributed by atoms with van der Waals surface area (Å²) in [6.45, 7) is 3.53. The Hall–Kier alpha value is -0.610. The Labute approximate surface area is 70.4 Å². The molecule has 1 N–H and O–H groups in total. The molecular weight excluding hydrogens is 160 g/mol. The molecule has 0 aliphatic heterocycles. The summed E-state index contributed by atoms with van der Waals surface area (Å²) in [5.41, 5.74) is 1.06. The molecule has 0 aromatic carbocycles. The van der Waals surface area contributed by atoms with Crippen LogP contribution in [0.15, 0.2) is 5.38 Å². The zero-order valence-electron chi connectivity index (χ0n) is 6.76. The van der Waals surface area contributed by atoms with Gasteiger partial charge in [0, 0.05) is 19.0 Å². The van der Waals surface area contributed by atoms with Gasteiger partial charge in [0.05, 0.1) is 12.3 Å². The van der Waals surface area contributed by atoms with E-state index in [4.69, 9.17) is 4.74 Å². The largest absolute Gasteiger partial charge is 0.383 e. The Morgan fingerprint density at radius 1 is 1.73 bits per heavy atom. The lowest BCUT2D eigenvalue weighted by atomic mass is 10.6. The van der Waals surface area contributed by atoms with Gasteiger partial charge in [0.2, 0.25) is 0 Å². The van der Waals surface area contributed by atoms with Crippen LogP contribution in [0.25, 0.3) is 0 Å². The average Bonchev–Trinajstić information content (AvgIpc) is 2.37. The number of aromatic nitrogens is 1. The van der Waals surface area contributed by atoms with Gasteiger partial charge in [-0.05, 0) is 6.92 Å². The maximum absolute atomic E-state index is 4.88. The second-order valence-electron chi connectivity index (χ2n) is 2.21. The number of methoxy groups -OCH3 is 1. The molecule has 11 heavy (non-hydrogen) atoms. The first-order valence-corrected chi connectivity index (χ1v) is 4.36. The zero-order chi connectivity index (χ0) is 8.10. The van der Waals surface area contributed by atoms with Crippen molar-refractivity contribution in [1.82, 2.24) is 4.98 Å². The van der Waals surface area contributed by atoms with E-state index in [1.807, 2.05) is 12.3 Å². The molecule has 0 saturated heterocycles. The Bertz CT molecular complexity index is 212. The highest BCUT2D eigenvalue weighted by molar-refractivity contribution is 7.13. The van der Waals surface area contributed by atoms with Gasteiger partial charge in [0.25, 0.3) is 0 Å². The lowest BCUT2D eigenvalue weighted by Crippen LogP contribution is -2.06. The van der Waals surface area contributed by atoms with Crippen molar-refractivity contribution in [2.24, 2.45) is 0 Å². The molecule has 0 bridgehead atoms. The highest BCUT2D eigenvalue weighted by Gasteiger charge is 1.94. The standard InChI is InChI=1S/C7H12N2OS/c1-6-5-11-7(9-6)8-3-4-10-2/h5H,3-4H2,1-2H3,(H,8,9). The molecule has 0 unspecified atom stereocenters. The van der Waals surface area contributed by atoms with Crippen LogP contribution in [0.4, 0.5) is 5.13 Å². The Balaban J connectivity index is 2.27. The number of hydrogen-bond acceptors (Lipinski definition) is 4. The maximum atomic E-state index is 4.88. The predicted octanol–water partition coefficient (Wildman–Crippen LogP) is 1.51. The molecule has 3 nitrogen and oxygen atoms in total. The number of thiazole rings is 1. The third kappa shape index (κ3) is 2.86. The van der Waals surface area contributed by atoms with E-state index < -0.39 is 0 Å². The first kappa shape index (κ1) is 8.49. The van der Waals surface area contributed by atoms with Crippen LogP contribution in [0, 0.1) is 6.92 Å². The van der Waals surface area contributed by atoms with Crippen LogP contribution in [0.3, 0.4) is 0 Å². The molecule has 0 aliphatic rings. The molecular formula is C7H12N2OS. The summed E-state index contributed by atoms with van der Waals surface area (Å²) in [7, 11) is 1.69. The molecule has 62 valence electrons. The van der Waals surface area contributed by atoms with Crippen molar-refractivity contribution in [3.05, 3.63) is 11.1 Å². The minimum Gasteiger partial charge on any atom is -0.383 e. The van der Waals surface area contributed by atoms with Crippen LogP contribution in [-0.2, 0) is 4.74 Å². The SMILES string of the molecule is COCCNc1nc(C)cs1. The second-order valence-corrected chi connectivity index (χ2v) is 3.07. The van der Waals surface area contributed by atoms with Crippen molar-refractivity contribution >= 4 is 16.5 Å². The van der Waals surface area contributed by atoms with E-state index >= 15 is 0 Å². The summed E-state index contributed by atoms with van der Waals surface area (Å²) in [5.74, 6) is 0. The molecule has 1 heterocycles. The molecule has 1 aromatic heterocycles. The Morgan fingerprint density at radius 2 is 2.55 bits per heavy atom. The molecule has 0 saturated carbocycles. The van der Waals surface area contributed by atoms with Crippen LogP contribution in [0.1, 0.15) is 5.69 Å². The monoisotopic (exact) mass is 172 g/mol. The third-order valence-electron chi connectivity index (χ3n) is 1.20. The number of ether oxygens (including phenoxy) is 1. The van der Waals surface area contributed by atoms with Crippen molar-refractivity contribution in [2.75, 3.05) is 25.6 Å². The minimum absolute atomic E-state index is 0.721. The normalized spacial score (nSPS) is 10.0. The average molecular weight is 172 g/mol. The predicted molar refractivity (Wildman–Crippen MR) is 47.2 cm³/mol. The molecule has 0 spiro atoms. The van der Waals surface area contributed by atoms with E-state index in [0.717, 1.165) is 24.0 Å². The molecule has 0 radical (unpaired) electrons. The number of rotatable bonds is 4. The molecule has 1 rings (SSSR count). The van der Waals surface area contributed by atoms with Gasteiger partial charge in [-0.1, -0.05) is 0 Å². The number of hydrogen-bond donors (Lipinski definition) is 1. The van der Waals surface area contributed by atoms with Crippen molar-refractivity contribution < 1.29 is 4.74 Å². The highest BCUT2D eigenvalue weighted by Crippen LogP contribution is 2.13. The summed E-state index contributed by atoms with van der Waals surface area (Å²) in [6.07, 6.45) is 0. The second kappa shape index (κ2) is 4.31. The van der Waals surface area contributed by atoms with Crippen molar-refractivity contribution in [1.29, 1.82) is 0 Å². The molecule has 0 amide bonds. The van der Waals surface area contributed by atoms with Crippen LogP contribution >= 0.6 is 11.3 Å². The molecule has 0 aliphatic carbocycles. The van der Waals surface area contributed by atoms with Crippen molar-refractivity contribution in [3.63, 3.8) is 0 Å². The fraction of sp³-hybridized carbons (Fsp3) is 0.571. The van der Waals surface area contributed by atoms with E-state index in [0.29, 0.717) is 0 Å². The zero-order valence-corrected chi connectivity index (χ0v) is 7.57. The molecule has 1 aromatic rings. The number of nitrogens with one attached hydrogen (secondary N) is 1. The van der Waals surface area contributed by atoms with E-state index in [1.165, 1.54) is 0 Å². The lowest BCUT2D eigenvalue weighted by molar-refractivity contribution is 0.211. The van der Waals surface area contributed by atoms with Gasteiger partial charge in [0.1, 0.15) is 0 Å². The third-order valence-corrected chi connectivity index (χ3v) is 2.12. The van der Waals surface area contributed by atoms with Crippen LogP contribution in [0.5, 0.6) is 0 Å². The molecule has 0 fully saturated rings. The summed E-state index contributed by atoms with van der Waals surface area (Å²) >= 11 is 1.62. The number of nitrogens with zero attached hydrogens (tertiary/aromatic N) is 1. The van der Waals surface area contributed by atoms with Crippen LogP contribution < -0.4 is 5.32 Å². The van der Waals surface area contributed by atoms with E-state index in [1.54, 1.807) is 18.4 Å². The maximum Gasteiger partial charge on any atom is 0.182 e. The fourth-order valence-corrected chi connectivity index (χ4v) is 1.41. The first-order chi connectivity index (χ1) is 5.33. The van der Waals surface area contributed by atoms with Gasteiger partial charge in [-0.2, -0.15) is 0 Å². The molecule has 0 atom stereocenters. The quantitative estimate of drug-likeness (QED) is 0.699. The first-order valence-electron chi connectivity index (χ1n) is 3.48. The van der Waals surface area contributed by atoms with Crippen molar-refractivity contribution in [3.8, 4) is 0 Å². The van der Waals surface area contributed by atoms with Gasteiger partial charge in [-0.15, -0.1) is 11.3 Å². The van der Waals surface area contributed by atoms with Crippen LogP contribution in [0.2, 0.25) is 0 Å². The van der Waals surface area contributed by atoms with E-state index in [2.05, 4.69) is 10.3 Å². The summed E-state index contributed by atoms with van der Waals surface area (Å²) in [4.78, 5) is 4.23.